The standard InChI is InChI=1S/C21H16BrN3O3/c1-13-19(20(26)25(24-13)18-8-6-17(22)7-9-18)11-16(21(27)28)10-14-2-4-15(12-23)5-3-14/h2-10,19H,11H2,1H3,(H,27,28)/b16-10-. The number of anilines is 1. The van der Waals surface area contributed by atoms with Gasteiger partial charge < -0.3 is 5.11 Å². The molecule has 1 unspecified atom stereocenters. The van der Waals surface area contributed by atoms with Crippen LogP contribution in [0.25, 0.3) is 6.08 Å². The molecule has 0 saturated carbocycles. The lowest BCUT2D eigenvalue weighted by Crippen LogP contribution is -2.28. The third-order valence-electron chi connectivity index (χ3n) is 4.42. The van der Waals surface area contributed by atoms with Crippen molar-refractivity contribution in [1.82, 2.24) is 0 Å². The van der Waals surface area contributed by atoms with Gasteiger partial charge in [-0.25, -0.2) is 9.80 Å². The second-order valence-electron chi connectivity index (χ2n) is 6.33. The number of nitrogens with zero attached hydrogens (tertiary/aromatic N) is 3. The van der Waals surface area contributed by atoms with Gasteiger partial charge in [0, 0.05) is 15.8 Å². The Morgan fingerprint density at radius 1 is 1.25 bits per heavy atom. The third-order valence-corrected chi connectivity index (χ3v) is 4.95. The van der Waals surface area contributed by atoms with Gasteiger partial charge in [-0.3, -0.25) is 4.79 Å². The molecule has 0 spiro atoms. The summed E-state index contributed by atoms with van der Waals surface area (Å²) < 4.78 is 0.888. The fraction of sp³-hybridized carbons (Fsp3) is 0.143. The number of carboxylic acid groups (broad SMARTS) is 1. The van der Waals surface area contributed by atoms with Gasteiger partial charge >= 0.3 is 5.97 Å². The van der Waals surface area contributed by atoms with E-state index in [4.69, 9.17) is 5.26 Å². The minimum atomic E-state index is -1.09. The van der Waals surface area contributed by atoms with E-state index in [2.05, 4.69) is 21.0 Å². The van der Waals surface area contributed by atoms with E-state index in [0.717, 1.165) is 4.47 Å². The number of hydrogen-bond donors (Lipinski definition) is 1. The maximum Gasteiger partial charge on any atom is 0.331 e. The van der Waals surface area contributed by atoms with Gasteiger partial charge in [0.15, 0.2) is 0 Å². The van der Waals surface area contributed by atoms with E-state index in [9.17, 15) is 14.7 Å². The largest absolute Gasteiger partial charge is 0.478 e. The fourth-order valence-electron chi connectivity index (χ4n) is 2.89. The number of hydrogen-bond acceptors (Lipinski definition) is 4. The fourth-order valence-corrected chi connectivity index (χ4v) is 3.15. The van der Waals surface area contributed by atoms with E-state index in [1.165, 1.54) is 11.1 Å². The van der Waals surface area contributed by atoms with Crippen LogP contribution >= 0.6 is 15.9 Å². The van der Waals surface area contributed by atoms with Crippen molar-refractivity contribution in [3.8, 4) is 6.07 Å². The van der Waals surface area contributed by atoms with Crippen molar-refractivity contribution in [1.29, 1.82) is 5.26 Å². The van der Waals surface area contributed by atoms with Gasteiger partial charge in [-0.1, -0.05) is 28.1 Å². The maximum atomic E-state index is 12.8. The number of amides is 1. The molecule has 1 heterocycles. The first kappa shape index (κ1) is 19.5. The summed E-state index contributed by atoms with van der Waals surface area (Å²) in [6, 6.07) is 15.8. The highest BCUT2D eigenvalue weighted by molar-refractivity contribution is 9.10. The third kappa shape index (κ3) is 4.18. The first-order valence-corrected chi connectivity index (χ1v) is 9.27. The minimum absolute atomic E-state index is 0.0382. The van der Waals surface area contributed by atoms with Crippen molar-refractivity contribution in [3.63, 3.8) is 0 Å². The molecule has 0 bridgehead atoms. The smallest absolute Gasteiger partial charge is 0.331 e. The van der Waals surface area contributed by atoms with Crippen LogP contribution in [0.3, 0.4) is 0 Å². The molecule has 6 nitrogen and oxygen atoms in total. The lowest BCUT2D eigenvalue weighted by atomic mass is 9.94. The molecule has 2 aromatic rings. The lowest BCUT2D eigenvalue weighted by Gasteiger charge is -2.15. The summed E-state index contributed by atoms with van der Waals surface area (Å²) in [5.41, 5.74) is 2.45. The molecule has 28 heavy (non-hydrogen) atoms. The molecule has 3 rings (SSSR count). The Bertz CT molecular complexity index is 1020. The van der Waals surface area contributed by atoms with Crippen molar-refractivity contribution < 1.29 is 14.7 Å². The zero-order chi connectivity index (χ0) is 20.3. The van der Waals surface area contributed by atoms with E-state index in [-0.39, 0.29) is 17.9 Å². The number of hydrazone groups is 1. The highest BCUT2D eigenvalue weighted by Crippen LogP contribution is 2.29. The molecular formula is C21H16BrN3O3. The first-order chi connectivity index (χ1) is 13.4. The monoisotopic (exact) mass is 437 g/mol. The molecule has 1 aliphatic rings. The van der Waals surface area contributed by atoms with Crippen LogP contribution in [0.4, 0.5) is 5.69 Å². The Kier molecular flexibility index (Phi) is 5.71. The van der Waals surface area contributed by atoms with E-state index in [1.807, 2.05) is 18.2 Å². The van der Waals surface area contributed by atoms with Gasteiger partial charge in [-0.15, -0.1) is 0 Å². The van der Waals surface area contributed by atoms with Crippen molar-refractivity contribution in [2.45, 2.75) is 13.3 Å². The quantitative estimate of drug-likeness (QED) is 0.708. The van der Waals surface area contributed by atoms with Crippen LogP contribution in [0.15, 0.2) is 63.7 Å². The molecule has 0 aliphatic carbocycles. The van der Waals surface area contributed by atoms with Gasteiger partial charge in [0.25, 0.3) is 5.91 Å². The zero-order valence-electron chi connectivity index (χ0n) is 15.0. The molecule has 1 amide bonds. The summed E-state index contributed by atoms with van der Waals surface area (Å²) >= 11 is 3.35. The predicted octanol–water partition coefficient (Wildman–Crippen LogP) is 4.22. The number of aliphatic carboxylic acids is 1. The average molecular weight is 438 g/mol. The Morgan fingerprint density at radius 2 is 1.89 bits per heavy atom. The average Bonchev–Trinajstić information content (AvgIpc) is 2.96. The predicted molar refractivity (Wildman–Crippen MR) is 110 cm³/mol. The van der Waals surface area contributed by atoms with Crippen LogP contribution in [0, 0.1) is 17.2 Å². The normalized spacial score (nSPS) is 16.7. The topological polar surface area (TPSA) is 93.8 Å². The highest BCUT2D eigenvalue weighted by atomic mass is 79.9. The molecule has 7 heteroatoms. The number of nitriles is 1. The molecule has 2 aromatic carbocycles. The highest BCUT2D eigenvalue weighted by Gasteiger charge is 2.35. The maximum absolute atomic E-state index is 12.8. The van der Waals surface area contributed by atoms with Gasteiger partial charge in [-0.2, -0.15) is 10.4 Å². The molecule has 1 aliphatic heterocycles. The number of rotatable bonds is 5. The molecule has 0 radical (unpaired) electrons. The lowest BCUT2D eigenvalue weighted by molar-refractivity contribution is -0.132. The molecule has 140 valence electrons. The summed E-state index contributed by atoms with van der Waals surface area (Å²) in [4.78, 5) is 24.6. The zero-order valence-corrected chi connectivity index (χ0v) is 16.5. The van der Waals surface area contributed by atoms with Gasteiger partial charge in [0.1, 0.15) is 0 Å². The number of carbonyl (C=O) groups excluding carboxylic acids is 1. The van der Waals surface area contributed by atoms with E-state index >= 15 is 0 Å². The number of carboxylic acids is 1. The molecule has 0 fully saturated rings. The Balaban J connectivity index is 1.83. The van der Waals surface area contributed by atoms with Crippen LogP contribution in [0.1, 0.15) is 24.5 Å². The van der Waals surface area contributed by atoms with Gasteiger partial charge in [-0.05, 0) is 61.4 Å². The molecule has 0 saturated heterocycles. The van der Waals surface area contributed by atoms with E-state index < -0.39 is 11.9 Å². The van der Waals surface area contributed by atoms with Gasteiger partial charge in [0.05, 0.1) is 23.2 Å². The molecule has 0 aromatic heterocycles. The Hall–Kier alpha value is -3.24. The second-order valence-corrected chi connectivity index (χ2v) is 7.25. The number of carbonyl (C=O) groups is 2. The minimum Gasteiger partial charge on any atom is -0.478 e. The Morgan fingerprint density at radius 3 is 2.46 bits per heavy atom. The summed E-state index contributed by atoms with van der Waals surface area (Å²) in [6.45, 7) is 1.72. The van der Waals surface area contributed by atoms with Crippen LogP contribution in [-0.2, 0) is 9.59 Å². The SMILES string of the molecule is CC1=NN(c2ccc(Br)cc2)C(=O)C1C/C(=C/c1ccc(C#N)cc1)C(=O)O. The molecule has 1 atom stereocenters. The van der Waals surface area contributed by atoms with E-state index in [1.54, 1.807) is 43.3 Å². The van der Waals surface area contributed by atoms with Crippen LogP contribution in [0.5, 0.6) is 0 Å². The van der Waals surface area contributed by atoms with Gasteiger partial charge in [0.2, 0.25) is 0 Å². The Labute approximate surface area is 170 Å². The molecule has 1 N–H and O–H groups in total. The number of halogens is 1. The second kappa shape index (κ2) is 8.19. The number of benzene rings is 2. The van der Waals surface area contributed by atoms with Crippen molar-refractivity contribution in [2.24, 2.45) is 11.0 Å². The van der Waals surface area contributed by atoms with Crippen molar-refractivity contribution in [2.75, 3.05) is 5.01 Å². The summed E-state index contributed by atoms with van der Waals surface area (Å²) in [5.74, 6) is -1.98. The van der Waals surface area contributed by atoms with E-state index in [0.29, 0.717) is 22.5 Å². The van der Waals surface area contributed by atoms with Crippen molar-refractivity contribution in [3.05, 3.63) is 69.7 Å². The first-order valence-electron chi connectivity index (χ1n) is 8.47. The summed E-state index contributed by atoms with van der Waals surface area (Å²) in [5, 5.41) is 24.1. The summed E-state index contributed by atoms with van der Waals surface area (Å²) in [7, 11) is 0. The van der Waals surface area contributed by atoms with Crippen LogP contribution < -0.4 is 5.01 Å². The van der Waals surface area contributed by atoms with Crippen LogP contribution in [0.2, 0.25) is 0 Å². The molecular weight excluding hydrogens is 422 g/mol. The summed E-state index contributed by atoms with van der Waals surface area (Å²) in [6.07, 6.45) is 1.56. The van der Waals surface area contributed by atoms with Crippen LogP contribution in [-0.4, -0.2) is 22.7 Å². The van der Waals surface area contributed by atoms with Crippen molar-refractivity contribution >= 4 is 45.3 Å².